The number of alkyl halides is 3. The van der Waals surface area contributed by atoms with Crippen molar-refractivity contribution in [2.75, 3.05) is 43.4 Å². The third-order valence-electron chi connectivity index (χ3n) is 3.53. The molecule has 19 heavy (non-hydrogen) atoms. The van der Waals surface area contributed by atoms with Crippen molar-refractivity contribution < 1.29 is 13.2 Å². The monoisotopic (exact) mass is 273 g/mol. The summed E-state index contributed by atoms with van der Waals surface area (Å²) in [6, 6.07) is 4.15. The van der Waals surface area contributed by atoms with Crippen LogP contribution in [0.2, 0.25) is 0 Å². The largest absolute Gasteiger partial charge is 0.418 e. The van der Waals surface area contributed by atoms with E-state index >= 15 is 0 Å². The predicted molar refractivity (Wildman–Crippen MR) is 70.2 cm³/mol. The Balaban J connectivity index is 2.18. The molecule has 1 saturated heterocycles. The second kappa shape index (κ2) is 5.28. The molecule has 1 aromatic rings. The average Bonchev–Trinajstić information content (AvgIpc) is 2.38. The third-order valence-corrected chi connectivity index (χ3v) is 3.53. The minimum atomic E-state index is -4.40. The Morgan fingerprint density at radius 2 is 1.79 bits per heavy atom. The van der Waals surface area contributed by atoms with E-state index in [0.29, 0.717) is 5.69 Å². The Labute approximate surface area is 110 Å². The molecule has 1 aliphatic heterocycles. The van der Waals surface area contributed by atoms with E-state index in [0.717, 1.165) is 38.8 Å². The van der Waals surface area contributed by atoms with Crippen LogP contribution in [0.3, 0.4) is 0 Å². The third kappa shape index (κ3) is 3.12. The number of likely N-dealkylation sites (N-methyl/N-ethyl adjacent to an activating group) is 1. The van der Waals surface area contributed by atoms with Gasteiger partial charge < -0.3 is 15.5 Å². The van der Waals surface area contributed by atoms with Crippen molar-refractivity contribution in [3.8, 4) is 0 Å². The number of nitrogens with zero attached hydrogens (tertiary/aromatic N) is 2. The van der Waals surface area contributed by atoms with Gasteiger partial charge in [-0.3, -0.25) is 0 Å². The second-order valence-electron chi connectivity index (χ2n) is 4.69. The van der Waals surface area contributed by atoms with Crippen LogP contribution in [-0.2, 0) is 6.18 Å². The smallest absolute Gasteiger partial charge is 0.398 e. The minimum absolute atomic E-state index is 0.219. The van der Waals surface area contributed by atoms with E-state index in [1.807, 2.05) is 4.90 Å². The fourth-order valence-corrected chi connectivity index (χ4v) is 2.31. The molecule has 0 bridgehead atoms. The van der Waals surface area contributed by atoms with Crippen molar-refractivity contribution in [3.05, 3.63) is 23.8 Å². The molecule has 0 radical (unpaired) electrons. The molecule has 0 unspecified atom stereocenters. The lowest BCUT2D eigenvalue weighted by Crippen LogP contribution is -2.46. The predicted octanol–water partition coefficient (Wildman–Crippen LogP) is 2.43. The van der Waals surface area contributed by atoms with Crippen molar-refractivity contribution in [1.82, 2.24) is 4.90 Å². The average molecular weight is 273 g/mol. The van der Waals surface area contributed by atoms with Gasteiger partial charge >= 0.3 is 6.18 Å². The number of hydrogen-bond acceptors (Lipinski definition) is 3. The first kappa shape index (κ1) is 14.0. The first-order valence-electron chi connectivity index (χ1n) is 6.36. The van der Waals surface area contributed by atoms with Crippen LogP contribution in [0, 0.1) is 0 Å². The maximum absolute atomic E-state index is 12.8. The molecule has 1 aromatic carbocycles. The van der Waals surface area contributed by atoms with Crippen LogP contribution in [0.4, 0.5) is 24.5 Å². The van der Waals surface area contributed by atoms with Gasteiger partial charge in [-0.1, -0.05) is 6.92 Å². The van der Waals surface area contributed by atoms with E-state index in [-0.39, 0.29) is 5.69 Å². The standard InChI is InChI=1S/C13H18F3N3/c1-2-18-5-7-19(8-6-18)10-3-4-12(17)11(9-10)13(14,15)16/h3-4,9H,2,5-8,17H2,1H3. The zero-order valence-electron chi connectivity index (χ0n) is 10.9. The van der Waals surface area contributed by atoms with Gasteiger partial charge in [0.15, 0.2) is 0 Å². The van der Waals surface area contributed by atoms with Crippen LogP contribution >= 0.6 is 0 Å². The molecule has 0 aliphatic carbocycles. The van der Waals surface area contributed by atoms with Crippen molar-refractivity contribution in [1.29, 1.82) is 0 Å². The molecule has 1 heterocycles. The Hall–Kier alpha value is -1.43. The SMILES string of the molecule is CCN1CCN(c2ccc(N)c(C(F)(F)F)c2)CC1. The van der Waals surface area contributed by atoms with Gasteiger partial charge in [-0.25, -0.2) is 0 Å². The number of benzene rings is 1. The van der Waals surface area contributed by atoms with E-state index in [4.69, 9.17) is 5.73 Å². The Morgan fingerprint density at radius 3 is 2.32 bits per heavy atom. The number of nitrogen functional groups attached to an aromatic ring is 1. The molecule has 1 fully saturated rings. The van der Waals surface area contributed by atoms with Gasteiger partial charge in [-0.05, 0) is 24.7 Å². The van der Waals surface area contributed by atoms with E-state index in [9.17, 15) is 13.2 Å². The van der Waals surface area contributed by atoms with Gasteiger partial charge in [0, 0.05) is 37.6 Å². The zero-order chi connectivity index (χ0) is 14.0. The molecule has 0 aromatic heterocycles. The molecule has 2 N–H and O–H groups in total. The molecule has 2 rings (SSSR count). The highest BCUT2D eigenvalue weighted by Crippen LogP contribution is 2.36. The molecule has 0 spiro atoms. The van der Waals surface area contributed by atoms with Crippen LogP contribution in [0.5, 0.6) is 0 Å². The Bertz CT molecular complexity index is 437. The number of nitrogens with two attached hydrogens (primary N) is 1. The fraction of sp³-hybridized carbons (Fsp3) is 0.538. The highest BCUT2D eigenvalue weighted by molar-refractivity contribution is 5.59. The molecule has 3 nitrogen and oxygen atoms in total. The summed E-state index contributed by atoms with van der Waals surface area (Å²) in [4.78, 5) is 4.25. The molecule has 1 aliphatic rings. The molecule has 6 heteroatoms. The summed E-state index contributed by atoms with van der Waals surface area (Å²) < 4.78 is 38.4. The summed E-state index contributed by atoms with van der Waals surface area (Å²) in [6.45, 7) is 6.30. The minimum Gasteiger partial charge on any atom is -0.398 e. The highest BCUT2D eigenvalue weighted by Gasteiger charge is 2.33. The number of halogens is 3. The lowest BCUT2D eigenvalue weighted by atomic mass is 10.1. The van der Waals surface area contributed by atoms with Crippen molar-refractivity contribution in [3.63, 3.8) is 0 Å². The maximum Gasteiger partial charge on any atom is 0.418 e. The molecule has 0 saturated carbocycles. The van der Waals surface area contributed by atoms with Crippen molar-refractivity contribution >= 4 is 11.4 Å². The first-order chi connectivity index (χ1) is 8.91. The van der Waals surface area contributed by atoms with Gasteiger partial charge in [-0.15, -0.1) is 0 Å². The summed E-state index contributed by atoms with van der Waals surface area (Å²) in [5.41, 5.74) is 5.03. The number of hydrogen-bond donors (Lipinski definition) is 1. The van der Waals surface area contributed by atoms with Gasteiger partial charge in [-0.2, -0.15) is 13.2 Å². The van der Waals surface area contributed by atoms with Crippen LogP contribution < -0.4 is 10.6 Å². The van der Waals surface area contributed by atoms with E-state index in [1.54, 1.807) is 6.07 Å². The van der Waals surface area contributed by atoms with Gasteiger partial charge in [0.2, 0.25) is 0 Å². The molecular formula is C13H18F3N3. The molecular weight excluding hydrogens is 255 g/mol. The van der Waals surface area contributed by atoms with E-state index in [2.05, 4.69) is 11.8 Å². The Kier molecular flexibility index (Phi) is 3.89. The quantitative estimate of drug-likeness (QED) is 0.840. The van der Waals surface area contributed by atoms with E-state index in [1.165, 1.54) is 6.07 Å². The Morgan fingerprint density at radius 1 is 1.16 bits per heavy atom. The number of rotatable bonds is 2. The fourth-order valence-electron chi connectivity index (χ4n) is 2.31. The first-order valence-corrected chi connectivity index (χ1v) is 6.36. The second-order valence-corrected chi connectivity index (χ2v) is 4.69. The highest BCUT2D eigenvalue weighted by atomic mass is 19.4. The summed E-state index contributed by atoms with van der Waals surface area (Å²) in [7, 11) is 0. The summed E-state index contributed by atoms with van der Waals surface area (Å²) in [5, 5.41) is 0. The summed E-state index contributed by atoms with van der Waals surface area (Å²) in [6.07, 6.45) is -4.40. The lowest BCUT2D eigenvalue weighted by molar-refractivity contribution is -0.136. The number of piperazine rings is 1. The van der Waals surface area contributed by atoms with Crippen molar-refractivity contribution in [2.24, 2.45) is 0 Å². The van der Waals surface area contributed by atoms with Gasteiger partial charge in [0.05, 0.1) is 5.56 Å². The number of anilines is 2. The van der Waals surface area contributed by atoms with Gasteiger partial charge in [0.1, 0.15) is 0 Å². The lowest BCUT2D eigenvalue weighted by Gasteiger charge is -2.35. The zero-order valence-corrected chi connectivity index (χ0v) is 10.9. The molecule has 106 valence electrons. The molecule has 0 amide bonds. The van der Waals surface area contributed by atoms with Crippen molar-refractivity contribution in [2.45, 2.75) is 13.1 Å². The van der Waals surface area contributed by atoms with Crippen LogP contribution in [0.25, 0.3) is 0 Å². The summed E-state index contributed by atoms with van der Waals surface area (Å²) >= 11 is 0. The topological polar surface area (TPSA) is 32.5 Å². The van der Waals surface area contributed by atoms with Crippen LogP contribution in [0.1, 0.15) is 12.5 Å². The van der Waals surface area contributed by atoms with Crippen LogP contribution in [0.15, 0.2) is 18.2 Å². The molecule has 0 atom stereocenters. The van der Waals surface area contributed by atoms with Crippen LogP contribution in [-0.4, -0.2) is 37.6 Å². The maximum atomic E-state index is 12.8. The normalized spacial score (nSPS) is 17.8. The van der Waals surface area contributed by atoms with E-state index < -0.39 is 11.7 Å². The summed E-state index contributed by atoms with van der Waals surface area (Å²) in [5.74, 6) is 0. The van der Waals surface area contributed by atoms with Gasteiger partial charge in [0.25, 0.3) is 0 Å².